The van der Waals surface area contributed by atoms with Crippen LogP contribution in [0.3, 0.4) is 0 Å². The number of hydrogen-bond donors (Lipinski definition) is 2. The first-order valence-corrected chi connectivity index (χ1v) is 9.08. The Bertz CT molecular complexity index is 454. The highest BCUT2D eigenvalue weighted by Crippen LogP contribution is 2.40. The molecule has 0 spiro atoms. The summed E-state index contributed by atoms with van der Waals surface area (Å²) in [5.74, 6) is 1.57. The minimum atomic E-state index is -0.107. The molecule has 0 bridgehead atoms. The van der Waals surface area contributed by atoms with Crippen LogP contribution < -0.4 is 10.6 Å². The van der Waals surface area contributed by atoms with Gasteiger partial charge in [-0.1, -0.05) is 20.3 Å². The van der Waals surface area contributed by atoms with Crippen LogP contribution in [0.1, 0.15) is 33.1 Å². The topological polar surface area (TPSA) is 64.7 Å². The van der Waals surface area contributed by atoms with Crippen molar-refractivity contribution in [1.82, 2.24) is 20.4 Å². The summed E-state index contributed by atoms with van der Waals surface area (Å²) >= 11 is 0. The maximum atomic E-state index is 12.3. The molecular weight excluding hydrogens is 292 g/mol. The Labute approximate surface area is 139 Å². The van der Waals surface area contributed by atoms with Crippen LogP contribution in [-0.2, 0) is 4.79 Å². The van der Waals surface area contributed by atoms with E-state index in [9.17, 15) is 9.59 Å². The third-order valence-electron chi connectivity index (χ3n) is 5.51. The van der Waals surface area contributed by atoms with Gasteiger partial charge in [-0.3, -0.25) is 9.69 Å². The number of nitrogens with zero attached hydrogens (tertiary/aromatic N) is 2. The molecule has 23 heavy (non-hydrogen) atoms. The van der Waals surface area contributed by atoms with Crippen LogP contribution in [0, 0.1) is 17.8 Å². The minimum absolute atomic E-state index is 0.0763. The van der Waals surface area contributed by atoms with Crippen molar-refractivity contribution in [1.29, 1.82) is 0 Å². The van der Waals surface area contributed by atoms with Gasteiger partial charge in [0, 0.05) is 32.2 Å². The molecular formula is C17H30N4O2. The number of carbonyl (C=O) groups excluding carboxylic acids is 2. The van der Waals surface area contributed by atoms with Crippen LogP contribution >= 0.6 is 0 Å². The van der Waals surface area contributed by atoms with E-state index >= 15 is 0 Å². The number of likely N-dealkylation sites (tertiary alicyclic amines) is 1. The Hall–Kier alpha value is -1.30. The molecule has 0 aliphatic carbocycles. The molecule has 3 saturated heterocycles. The molecule has 3 aliphatic rings. The summed E-state index contributed by atoms with van der Waals surface area (Å²) in [4.78, 5) is 28.5. The molecule has 2 N–H and O–H groups in total. The van der Waals surface area contributed by atoms with Crippen LogP contribution in [0.4, 0.5) is 4.79 Å². The lowest BCUT2D eigenvalue weighted by Gasteiger charge is -2.33. The summed E-state index contributed by atoms with van der Waals surface area (Å²) in [6, 6.07) is 0.599. The van der Waals surface area contributed by atoms with Crippen molar-refractivity contribution in [2.24, 2.45) is 17.8 Å². The summed E-state index contributed by atoms with van der Waals surface area (Å²) in [5.41, 5.74) is 0. The number of piperidine rings is 1. The van der Waals surface area contributed by atoms with E-state index in [1.54, 1.807) is 0 Å². The molecule has 6 nitrogen and oxygen atoms in total. The minimum Gasteiger partial charge on any atom is -0.354 e. The van der Waals surface area contributed by atoms with Crippen molar-refractivity contribution < 1.29 is 9.59 Å². The van der Waals surface area contributed by atoms with Crippen LogP contribution in [0.5, 0.6) is 0 Å². The average Bonchev–Trinajstić information content (AvgIpc) is 3.08. The van der Waals surface area contributed by atoms with E-state index in [2.05, 4.69) is 29.4 Å². The first-order chi connectivity index (χ1) is 11.0. The number of amides is 3. The zero-order valence-electron chi connectivity index (χ0n) is 14.4. The summed E-state index contributed by atoms with van der Waals surface area (Å²) in [6.07, 6.45) is 3.94. The largest absolute Gasteiger partial charge is 0.354 e. The molecule has 3 amide bonds. The summed E-state index contributed by atoms with van der Waals surface area (Å²) in [6.45, 7) is 8.91. The normalized spacial score (nSPS) is 30.2. The highest BCUT2D eigenvalue weighted by atomic mass is 16.2. The van der Waals surface area contributed by atoms with E-state index in [1.165, 1.54) is 25.8 Å². The fraction of sp³-hybridized carbons (Fsp3) is 0.882. The van der Waals surface area contributed by atoms with Crippen LogP contribution in [0.15, 0.2) is 0 Å². The summed E-state index contributed by atoms with van der Waals surface area (Å²) in [7, 11) is 0. The second-order valence-electron chi connectivity index (χ2n) is 7.74. The molecule has 0 aromatic carbocycles. The second-order valence-corrected chi connectivity index (χ2v) is 7.74. The lowest BCUT2D eigenvalue weighted by molar-refractivity contribution is -0.120. The third kappa shape index (κ3) is 3.79. The molecule has 3 aliphatic heterocycles. The van der Waals surface area contributed by atoms with Crippen molar-refractivity contribution in [2.75, 3.05) is 39.3 Å². The molecule has 0 aromatic rings. The average molecular weight is 322 g/mol. The first-order valence-electron chi connectivity index (χ1n) is 9.08. The van der Waals surface area contributed by atoms with Crippen molar-refractivity contribution >= 4 is 11.9 Å². The van der Waals surface area contributed by atoms with Gasteiger partial charge in [0.2, 0.25) is 5.91 Å². The highest BCUT2D eigenvalue weighted by Gasteiger charge is 2.48. The zero-order valence-corrected chi connectivity index (χ0v) is 14.4. The van der Waals surface area contributed by atoms with Crippen molar-refractivity contribution in [3.05, 3.63) is 0 Å². The second kappa shape index (κ2) is 7.07. The maximum Gasteiger partial charge on any atom is 0.317 e. The Morgan fingerprint density at radius 3 is 2.74 bits per heavy atom. The highest BCUT2D eigenvalue weighted by molar-refractivity contribution is 5.84. The number of hydrogen-bond acceptors (Lipinski definition) is 3. The molecule has 3 heterocycles. The molecule has 0 saturated carbocycles. The monoisotopic (exact) mass is 322 g/mol. The Morgan fingerprint density at radius 2 is 1.96 bits per heavy atom. The predicted octanol–water partition coefficient (Wildman–Crippen LogP) is 0.884. The van der Waals surface area contributed by atoms with Gasteiger partial charge < -0.3 is 15.5 Å². The van der Waals surface area contributed by atoms with Gasteiger partial charge in [0.1, 0.15) is 0 Å². The third-order valence-corrected chi connectivity index (χ3v) is 5.51. The molecule has 3 unspecified atom stereocenters. The van der Waals surface area contributed by atoms with E-state index in [0.717, 1.165) is 19.6 Å². The van der Waals surface area contributed by atoms with Gasteiger partial charge in [-0.05, 0) is 37.1 Å². The van der Waals surface area contributed by atoms with E-state index in [-0.39, 0.29) is 18.5 Å². The molecule has 3 rings (SSSR count). The van der Waals surface area contributed by atoms with Gasteiger partial charge >= 0.3 is 6.03 Å². The van der Waals surface area contributed by atoms with Gasteiger partial charge in [0.25, 0.3) is 0 Å². The van der Waals surface area contributed by atoms with E-state index in [4.69, 9.17) is 0 Å². The van der Waals surface area contributed by atoms with Gasteiger partial charge in [0.15, 0.2) is 0 Å². The smallest absolute Gasteiger partial charge is 0.317 e. The molecule has 3 fully saturated rings. The molecule has 6 heteroatoms. The van der Waals surface area contributed by atoms with E-state index in [0.29, 0.717) is 30.3 Å². The number of rotatable bonds is 4. The summed E-state index contributed by atoms with van der Waals surface area (Å²) in [5, 5.41) is 5.60. The molecule has 0 aromatic heterocycles. The van der Waals surface area contributed by atoms with Crippen molar-refractivity contribution in [3.8, 4) is 0 Å². The van der Waals surface area contributed by atoms with Crippen LogP contribution in [-0.4, -0.2) is 67.0 Å². The lowest BCUT2D eigenvalue weighted by Crippen LogP contribution is -2.46. The number of urea groups is 1. The maximum absolute atomic E-state index is 12.3. The summed E-state index contributed by atoms with van der Waals surface area (Å²) < 4.78 is 0. The molecule has 3 atom stereocenters. The Balaban J connectivity index is 1.43. The van der Waals surface area contributed by atoms with Crippen molar-refractivity contribution in [2.45, 2.75) is 39.2 Å². The number of fused-ring (bicyclic) bond motifs is 3. The van der Waals surface area contributed by atoms with E-state index in [1.807, 2.05) is 4.90 Å². The Morgan fingerprint density at radius 1 is 1.13 bits per heavy atom. The lowest BCUT2D eigenvalue weighted by atomic mass is 9.90. The predicted molar refractivity (Wildman–Crippen MR) is 89.0 cm³/mol. The quantitative estimate of drug-likeness (QED) is 0.808. The fourth-order valence-electron chi connectivity index (χ4n) is 4.37. The van der Waals surface area contributed by atoms with Crippen LogP contribution in [0.2, 0.25) is 0 Å². The van der Waals surface area contributed by atoms with Gasteiger partial charge in [0.05, 0.1) is 6.54 Å². The van der Waals surface area contributed by atoms with Gasteiger partial charge in [-0.25, -0.2) is 4.79 Å². The van der Waals surface area contributed by atoms with Crippen molar-refractivity contribution in [3.63, 3.8) is 0 Å². The van der Waals surface area contributed by atoms with Crippen LogP contribution in [0.25, 0.3) is 0 Å². The first kappa shape index (κ1) is 16.6. The van der Waals surface area contributed by atoms with Gasteiger partial charge in [-0.2, -0.15) is 0 Å². The number of nitrogens with one attached hydrogen (secondary N) is 2. The standard InChI is InChI=1S/C17H30N4O2/c1-12(2)7-18-16(22)8-19-17(23)21-10-13-9-20-6-4-3-5-15(20)14(13)11-21/h12-15H,3-11H2,1-2H3,(H,18,22)(H,19,23). The molecule has 0 radical (unpaired) electrons. The fourth-order valence-corrected chi connectivity index (χ4v) is 4.37. The van der Waals surface area contributed by atoms with Gasteiger partial charge in [-0.15, -0.1) is 0 Å². The molecule has 130 valence electrons. The zero-order chi connectivity index (χ0) is 16.4. The SMILES string of the molecule is CC(C)CNC(=O)CNC(=O)N1CC2CN3CCCCC3C2C1. The number of carbonyl (C=O) groups is 2. The van der Waals surface area contributed by atoms with E-state index < -0.39 is 0 Å². The Kier molecular flexibility index (Phi) is 5.09.